The van der Waals surface area contributed by atoms with Gasteiger partial charge in [0.1, 0.15) is 0 Å². The Hall–Kier alpha value is -1.70. The van der Waals surface area contributed by atoms with Crippen LogP contribution in [-0.2, 0) is 0 Å². The van der Waals surface area contributed by atoms with Crippen molar-refractivity contribution in [2.24, 2.45) is 0 Å². The van der Waals surface area contributed by atoms with Gasteiger partial charge in [0.2, 0.25) is 0 Å². The fourth-order valence-electron chi connectivity index (χ4n) is 1.58. The number of ether oxygens (including phenoxy) is 1. The average Bonchev–Trinajstić information content (AvgIpc) is 2.58. The number of hydrogen-bond donors (Lipinski definition) is 1. The summed E-state index contributed by atoms with van der Waals surface area (Å²) in [5, 5.41) is 1.12. The molecule has 2 heteroatoms. The first-order valence-electron chi connectivity index (χ1n) is 4.72. The molecule has 0 bridgehead atoms. The highest BCUT2D eigenvalue weighted by Gasteiger charge is 2.08. The highest BCUT2D eigenvalue weighted by atomic mass is 16.5. The van der Waals surface area contributed by atoms with Crippen LogP contribution in [0.5, 0.6) is 5.75 Å². The van der Waals surface area contributed by atoms with E-state index in [4.69, 9.17) is 4.74 Å². The molecule has 0 radical (unpaired) electrons. The van der Waals surface area contributed by atoms with Crippen LogP contribution in [0.2, 0.25) is 0 Å². The molecule has 0 fully saturated rings. The number of aromatic amines is 1. The third-order valence-corrected chi connectivity index (χ3v) is 2.18. The highest BCUT2D eigenvalue weighted by Crippen LogP contribution is 2.30. The Labute approximate surface area is 83.2 Å². The fraction of sp³-hybridized carbons (Fsp3) is 0.167. The molecule has 0 aliphatic carbocycles. The zero-order valence-corrected chi connectivity index (χ0v) is 8.21. The highest BCUT2D eigenvalue weighted by molar-refractivity contribution is 5.90. The summed E-state index contributed by atoms with van der Waals surface area (Å²) in [5.41, 5.74) is 2.04. The van der Waals surface area contributed by atoms with Gasteiger partial charge in [0.05, 0.1) is 12.3 Å². The molecular weight excluding hydrogens is 174 g/mol. The fourth-order valence-corrected chi connectivity index (χ4v) is 1.58. The topological polar surface area (TPSA) is 25.0 Å². The maximum Gasteiger partial charge on any atom is 0.151 e. The van der Waals surface area contributed by atoms with Gasteiger partial charge in [0.25, 0.3) is 0 Å². The van der Waals surface area contributed by atoms with Gasteiger partial charge in [-0.25, -0.2) is 0 Å². The quantitative estimate of drug-likeness (QED) is 0.784. The van der Waals surface area contributed by atoms with Crippen LogP contribution in [0.1, 0.15) is 12.6 Å². The van der Waals surface area contributed by atoms with Crippen LogP contribution in [0, 0.1) is 0 Å². The van der Waals surface area contributed by atoms with E-state index < -0.39 is 0 Å². The normalized spacial score (nSPS) is 10.4. The van der Waals surface area contributed by atoms with E-state index >= 15 is 0 Å². The molecule has 1 N–H and O–H groups in total. The first kappa shape index (κ1) is 8.88. The van der Waals surface area contributed by atoms with Gasteiger partial charge in [-0.1, -0.05) is 18.7 Å². The molecule has 0 saturated carbocycles. The summed E-state index contributed by atoms with van der Waals surface area (Å²) in [6.45, 7) is 6.41. The van der Waals surface area contributed by atoms with Crippen LogP contribution >= 0.6 is 0 Å². The van der Waals surface area contributed by atoms with Crippen LogP contribution in [-0.4, -0.2) is 11.6 Å². The molecule has 2 nitrogen and oxygen atoms in total. The van der Waals surface area contributed by atoms with Crippen molar-refractivity contribution >= 4 is 17.0 Å². The number of para-hydroxylation sites is 1. The minimum absolute atomic E-state index is 0.669. The second-order valence-corrected chi connectivity index (χ2v) is 3.05. The summed E-state index contributed by atoms with van der Waals surface area (Å²) in [6.07, 6.45) is 1.78. The lowest BCUT2D eigenvalue weighted by molar-refractivity contribution is 0.343. The third-order valence-electron chi connectivity index (χ3n) is 2.18. The molecule has 0 unspecified atom stereocenters. The second kappa shape index (κ2) is 3.58. The van der Waals surface area contributed by atoms with Crippen LogP contribution in [0.3, 0.4) is 0 Å². The van der Waals surface area contributed by atoms with Gasteiger partial charge in [-0.3, -0.25) is 0 Å². The first-order chi connectivity index (χ1) is 6.86. The molecule has 72 valence electrons. The lowest BCUT2D eigenvalue weighted by Gasteiger charge is -2.01. The van der Waals surface area contributed by atoms with E-state index in [9.17, 15) is 0 Å². The van der Waals surface area contributed by atoms with Gasteiger partial charge in [0, 0.05) is 10.9 Å². The molecule has 2 aromatic rings. The maximum absolute atomic E-state index is 5.58. The van der Waals surface area contributed by atoms with Crippen molar-refractivity contribution in [1.82, 2.24) is 4.98 Å². The third kappa shape index (κ3) is 1.29. The van der Waals surface area contributed by atoms with E-state index in [2.05, 4.69) is 11.6 Å². The zero-order chi connectivity index (χ0) is 9.97. The summed E-state index contributed by atoms with van der Waals surface area (Å²) in [7, 11) is 0. The van der Waals surface area contributed by atoms with Crippen molar-refractivity contribution in [1.29, 1.82) is 0 Å². The number of benzene rings is 1. The van der Waals surface area contributed by atoms with Crippen molar-refractivity contribution < 1.29 is 4.74 Å². The number of nitrogens with one attached hydrogen (secondary N) is 1. The number of fused-ring (bicyclic) bond motifs is 1. The van der Waals surface area contributed by atoms with Crippen molar-refractivity contribution in [3.05, 3.63) is 36.5 Å². The molecule has 0 spiro atoms. The summed E-state index contributed by atoms with van der Waals surface area (Å²) < 4.78 is 5.58. The number of H-pyrrole nitrogens is 1. The smallest absolute Gasteiger partial charge is 0.151 e. The van der Waals surface area contributed by atoms with E-state index in [0.29, 0.717) is 6.61 Å². The summed E-state index contributed by atoms with van der Waals surface area (Å²) in [5.74, 6) is 0.901. The molecule has 0 saturated heterocycles. The molecule has 1 heterocycles. The molecule has 0 aliphatic rings. The maximum atomic E-state index is 5.58. The van der Waals surface area contributed by atoms with Crippen LogP contribution in [0.15, 0.2) is 30.8 Å². The molecule has 14 heavy (non-hydrogen) atoms. The molecule has 0 amide bonds. The Balaban J connectivity index is 2.67. The van der Waals surface area contributed by atoms with Crippen LogP contribution < -0.4 is 4.74 Å². The van der Waals surface area contributed by atoms with Gasteiger partial charge in [-0.2, -0.15) is 0 Å². The van der Waals surface area contributed by atoms with Crippen molar-refractivity contribution in [3.63, 3.8) is 0 Å². The van der Waals surface area contributed by atoms with E-state index in [1.165, 1.54) is 0 Å². The first-order valence-corrected chi connectivity index (χ1v) is 4.72. The van der Waals surface area contributed by atoms with E-state index in [1.807, 2.05) is 31.2 Å². The Morgan fingerprint density at radius 1 is 1.43 bits per heavy atom. The van der Waals surface area contributed by atoms with E-state index in [1.54, 1.807) is 6.08 Å². The molecule has 0 atom stereocenters. The number of rotatable bonds is 3. The standard InChI is InChI=1S/C12H13NO/c1-3-10-12(14-4-2)9-7-5-6-8-11(9)13-10/h3,5-8,13H,1,4H2,2H3. The summed E-state index contributed by atoms with van der Waals surface area (Å²) >= 11 is 0. The van der Waals surface area contributed by atoms with Crippen LogP contribution in [0.4, 0.5) is 0 Å². The van der Waals surface area contributed by atoms with E-state index in [0.717, 1.165) is 22.3 Å². The van der Waals surface area contributed by atoms with Crippen molar-refractivity contribution in [2.45, 2.75) is 6.92 Å². The van der Waals surface area contributed by atoms with Gasteiger partial charge < -0.3 is 9.72 Å². The molecule has 2 rings (SSSR count). The summed E-state index contributed by atoms with van der Waals surface area (Å²) in [4.78, 5) is 3.26. The largest absolute Gasteiger partial charge is 0.491 e. The monoisotopic (exact) mass is 187 g/mol. The Morgan fingerprint density at radius 3 is 2.93 bits per heavy atom. The number of hydrogen-bond acceptors (Lipinski definition) is 1. The molecule has 1 aromatic heterocycles. The minimum atomic E-state index is 0.669. The SMILES string of the molecule is C=Cc1[nH]c2ccccc2c1OCC. The van der Waals surface area contributed by atoms with E-state index in [-0.39, 0.29) is 0 Å². The van der Waals surface area contributed by atoms with Gasteiger partial charge >= 0.3 is 0 Å². The van der Waals surface area contributed by atoms with Gasteiger partial charge in [0.15, 0.2) is 5.75 Å². The van der Waals surface area contributed by atoms with Crippen molar-refractivity contribution in [2.75, 3.05) is 6.61 Å². The predicted molar refractivity (Wildman–Crippen MR) is 59.6 cm³/mol. The lowest BCUT2D eigenvalue weighted by Crippen LogP contribution is -1.91. The predicted octanol–water partition coefficient (Wildman–Crippen LogP) is 3.21. The van der Waals surface area contributed by atoms with Gasteiger partial charge in [-0.05, 0) is 25.1 Å². The second-order valence-electron chi connectivity index (χ2n) is 3.05. The Bertz CT molecular complexity index is 456. The van der Waals surface area contributed by atoms with Gasteiger partial charge in [-0.15, -0.1) is 0 Å². The molecule has 1 aromatic carbocycles. The Kier molecular flexibility index (Phi) is 2.27. The minimum Gasteiger partial charge on any atom is -0.491 e. The molecular formula is C12H13NO. The van der Waals surface area contributed by atoms with Crippen LogP contribution in [0.25, 0.3) is 17.0 Å². The lowest BCUT2D eigenvalue weighted by atomic mass is 10.2. The zero-order valence-electron chi connectivity index (χ0n) is 8.21. The average molecular weight is 187 g/mol. The molecule has 0 aliphatic heterocycles. The number of aromatic nitrogens is 1. The summed E-state index contributed by atoms with van der Waals surface area (Å²) in [6, 6.07) is 8.08. The Morgan fingerprint density at radius 2 is 2.21 bits per heavy atom. The van der Waals surface area contributed by atoms with Crippen molar-refractivity contribution in [3.8, 4) is 5.75 Å².